The topological polar surface area (TPSA) is 35.6 Å². The van der Waals surface area contributed by atoms with E-state index in [-0.39, 0.29) is 0 Å². The fourth-order valence-corrected chi connectivity index (χ4v) is 1.92. The molecule has 0 amide bonds. The Labute approximate surface area is 106 Å². The summed E-state index contributed by atoms with van der Waals surface area (Å²) in [5.41, 5.74) is 4.25. The molecular formula is C14H14N4. The van der Waals surface area contributed by atoms with Crippen LogP contribution < -0.4 is 0 Å². The molecule has 3 aromatic rings. The van der Waals surface area contributed by atoms with Gasteiger partial charge in [-0.2, -0.15) is 0 Å². The highest BCUT2D eigenvalue weighted by molar-refractivity contribution is 5.41. The molecule has 0 radical (unpaired) electrons. The Kier molecular flexibility index (Phi) is 2.48. The lowest BCUT2D eigenvalue weighted by Gasteiger charge is -2.05. The van der Waals surface area contributed by atoms with Crippen LogP contribution in [0.2, 0.25) is 0 Å². The minimum atomic E-state index is 1.02. The summed E-state index contributed by atoms with van der Waals surface area (Å²) in [5, 5.41) is 0. The standard InChI is InChI=1S/C14H14N4/c1-11-7-17(9-15-11)13-3-5-14(6-4-13)18-8-12(2)16-10-18/h3-10H,1-2H3. The fourth-order valence-electron chi connectivity index (χ4n) is 1.92. The fraction of sp³-hybridized carbons (Fsp3) is 0.143. The second kappa shape index (κ2) is 4.14. The van der Waals surface area contributed by atoms with Gasteiger partial charge < -0.3 is 9.13 Å². The van der Waals surface area contributed by atoms with Gasteiger partial charge in [0.25, 0.3) is 0 Å². The van der Waals surface area contributed by atoms with Crippen LogP contribution in [0.1, 0.15) is 11.4 Å². The number of aryl methyl sites for hydroxylation is 2. The van der Waals surface area contributed by atoms with Gasteiger partial charge in [-0.25, -0.2) is 9.97 Å². The SMILES string of the molecule is Cc1cn(-c2ccc(-n3cnc(C)c3)cc2)cn1. The number of nitrogens with zero attached hydrogens (tertiary/aromatic N) is 4. The van der Waals surface area contributed by atoms with Gasteiger partial charge in [0.05, 0.1) is 24.0 Å². The molecule has 90 valence electrons. The zero-order valence-corrected chi connectivity index (χ0v) is 10.4. The maximum Gasteiger partial charge on any atom is 0.0995 e. The van der Waals surface area contributed by atoms with Crippen molar-refractivity contribution >= 4 is 0 Å². The monoisotopic (exact) mass is 238 g/mol. The van der Waals surface area contributed by atoms with Crippen molar-refractivity contribution in [3.8, 4) is 11.4 Å². The molecule has 0 saturated carbocycles. The van der Waals surface area contributed by atoms with Crippen LogP contribution in [0.25, 0.3) is 11.4 Å². The highest BCUT2D eigenvalue weighted by Crippen LogP contribution is 2.13. The van der Waals surface area contributed by atoms with Crippen LogP contribution in [0.3, 0.4) is 0 Å². The van der Waals surface area contributed by atoms with E-state index in [1.807, 2.05) is 48.0 Å². The van der Waals surface area contributed by atoms with E-state index in [0.717, 1.165) is 22.8 Å². The molecule has 0 aliphatic heterocycles. The van der Waals surface area contributed by atoms with Crippen LogP contribution in [0.15, 0.2) is 49.3 Å². The lowest BCUT2D eigenvalue weighted by atomic mass is 10.2. The molecule has 4 heteroatoms. The molecular weight excluding hydrogens is 224 g/mol. The van der Waals surface area contributed by atoms with Crippen molar-refractivity contribution in [3.63, 3.8) is 0 Å². The molecule has 0 unspecified atom stereocenters. The highest BCUT2D eigenvalue weighted by Gasteiger charge is 2.00. The number of aromatic nitrogens is 4. The van der Waals surface area contributed by atoms with Crippen LogP contribution in [-0.2, 0) is 0 Å². The molecule has 0 aliphatic rings. The number of hydrogen-bond donors (Lipinski definition) is 0. The predicted octanol–water partition coefficient (Wildman–Crippen LogP) is 2.67. The first-order chi connectivity index (χ1) is 8.72. The molecule has 18 heavy (non-hydrogen) atoms. The number of hydrogen-bond acceptors (Lipinski definition) is 2. The first-order valence-electron chi connectivity index (χ1n) is 5.84. The van der Waals surface area contributed by atoms with E-state index in [2.05, 4.69) is 34.2 Å². The summed E-state index contributed by atoms with van der Waals surface area (Å²) in [6.07, 6.45) is 7.67. The molecule has 0 fully saturated rings. The second-order valence-electron chi connectivity index (χ2n) is 4.36. The summed E-state index contributed by atoms with van der Waals surface area (Å²) in [5.74, 6) is 0. The molecule has 3 rings (SSSR count). The smallest absolute Gasteiger partial charge is 0.0995 e. The summed E-state index contributed by atoms with van der Waals surface area (Å²) >= 11 is 0. The predicted molar refractivity (Wildman–Crippen MR) is 70.2 cm³/mol. The average Bonchev–Trinajstić information content (AvgIpc) is 2.98. The number of imidazole rings is 2. The first-order valence-corrected chi connectivity index (χ1v) is 5.84. The van der Waals surface area contributed by atoms with Crippen molar-refractivity contribution < 1.29 is 0 Å². The molecule has 0 atom stereocenters. The molecule has 0 spiro atoms. The lowest BCUT2D eigenvalue weighted by Crippen LogP contribution is -1.93. The van der Waals surface area contributed by atoms with E-state index in [1.54, 1.807) is 0 Å². The third kappa shape index (κ3) is 1.93. The molecule has 0 aliphatic carbocycles. The van der Waals surface area contributed by atoms with Gasteiger partial charge >= 0.3 is 0 Å². The van der Waals surface area contributed by atoms with Crippen LogP contribution in [0.4, 0.5) is 0 Å². The maximum absolute atomic E-state index is 4.22. The van der Waals surface area contributed by atoms with Gasteiger partial charge in [0, 0.05) is 23.8 Å². The van der Waals surface area contributed by atoms with E-state index in [4.69, 9.17) is 0 Å². The second-order valence-corrected chi connectivity index (χ2v) is 4.36. The van der Waals surface area contributed by atoms with Crippen molar-refractivity contribution in [1.29, 1.82) is 0 Å². The van der Waals surface area contributed by atoms with Crippen molar-refractivity contribution in [1.82, 2.24) is 19.1 Å². The first kappa shape index (κ1) is 10.8. The summed E-state index contributed by atoms with van der Waals surface area (Å²) < 4.78 is 4.02. The van der Waals surface area contributed by atoms with Crippen LogP contribution in [0.5, 0.6) is 0 Å². The van der Waals surface area contributed by atoms with Crippen LogP contribution >= 0.6 is 0 Å². The Morgan fingerprint density at radius 1 is 0.722 bits per heavy atom. The quantitative estimate of drug-likeness (QED) is 0.688. The third-order valence-corrected chi connectivity index (χ3v) is 2.87. The van der Waals surface area contributed by atoms with E-state index in [0.29, 0.717) is 0 Å². The van der Waals surface area contributed by atoms with Gasteiger partial charge in [-0.05, 0) is 38.1 Å². The van der Waals surface area contributed by atoms with Gasteiger partial charge in [0.2, 0.25) is 0 Å². The molecule has 1 aromatic carbocycles. The summed E-state index contributed by atoms with van der Waals surface area (Å²) in [4.78, 5) is 8.45. The zero-order chi connectivity index (χ0) is 12.5. The molecule has 4 nitrogen and oxygen atoms in total. The maximum atomic E-state index is 4.22. The summed E-state index contributed by atoms with van der Waals surface area (Å²) in [6, 6.07) is 8.30. The van der Waals surface area contributed by atoms with E-state index in [1.165, 1.54) is 0 Å². The van der Waals surface area contributed by atoms with Gasteiger partial charge in [0.1, 0.15) is 0 Å². The third-order valence-electron chi connectivity index (χ3n) is 2.87. The lowest BCUT2D eigenvalue weighted by molar-refractivity contribution is 1.03. The van der Waals surface area contributed by atoms with Gasteiger partial charge in [-0.1, -0.05) is 0 Å². The Hall–Kier alpha value is -2.36. The summed E-state index contributed by atoms with van der Waals surface area (Å²) in [6.45, 7) is 3.97. The van der Waals surface area contributed by atoms with E-state index < -0.39 is 0 Å². The normalized spacial score (nSPS) is 10.8. The van der Waals surface area contributed by atoms with Gasteiger partial charge in [0.15, 0.2) is 0 Å². The Balaban J connectivity index is 1.94. The molecule has 0 bridgehead atoms. The molecule has 2 aromatic heterocycles. The van der Waals surface area contributed by atoms with Gasteiger partial charge in [-0.3, -0.25) is 0 Å². The van der Waals surface area contributed by atoms with Crippen molar-refractivity contribution in [2.24, 2.45) is 0 Å². The van der Waals surface area contributed by atoms with Crippen molar-refractivity contribution in [3.05, 3.63) is 60.7 Å². The Morgan fingerprint density at radius 2 is 1.11 bits per heavy atom. The largest absolute Gasteiger partial charge is 0.306 e. The molecule has 0 saturated heterocycles. The summed E-state index contributed by atoms with van der Waals surface area (Å²) in [7, 11) is 0. The zero-order valence-electron chi connectivity index (χ0n) is 10.4. The van der Waals surface area contributed by atoms with E-state index in [9.17, 15) is 0 Å². The Morgan fingerprint density at radius 3 is 1.39 bits per heavy atom. The Bertz CT molecular complexity index is 602. The molecule has 2 heterocycles. The van der Waals surface area contributed by atoms with E-state index >= 15 is 0 Å². The average molecular weight is 238 g/mol. The van der Waals surface area contributed by atoms with Crippen molar-refractivity contribution in [2.75, 3.05) is 0 Å². The van der Waals surface area contributed by atoms with Crippen LogP contribution in [-0.4, -0.2) is 19.1 Å². The molecule has 0 N–H and O–H groups in total. The highest BCUT2D eigenvalue weighted by atomic mass is 15.0. The minimum absolute atomic E-state index is 1.02. The van der Waals surface area contributed by atoms with Gasteiger partial charge in [-0.15, -0.1) is 0 Å². The number of rotatable bonds is 2. The minimum Gasteiger partial charge on any atom is -0.306 e. The van der Waals surface area contributed by atoms with Crippen LogP contribution in [0, 0.1) is 13.8 Å². The van der Waals surface area contributed by atoms with Crippen molar-refractivity contribution in [2.45, 2.75) is 13.8 Å². The number of benzene rings is 1.